The van der Waals surface area contributed by atoms with Gasteiger partial charge in [-0.2, -0.15) is 0 Å². The zero-order chi connectivity index (χ0) is 25.2. The molecule has 5 heteroatoms. The Bertz CT molecular complexity index is 1100. The third-order valence-electron chi connectivity index (χ3n) is 6.26. The Hall–Kier alpha value is -3.60. The van der Waals surface area contributed by atoms with Gasteiger partial charge in [-0.1, -0.05) is 79.2 Å². The van der Waals surface area contributed by atoms with E-state index in [0.29, 0.717) is 18.7 Å². The van der Waals surface area contributed by atoms with Crippen molar-refractivity contribution in [2.75, 3.05) is 6.61 Å². The van der Waals surface area contributed by atoms with Crippen molar-refractivity contribution in [1.29, 1.82) is 0 Å². The number of nitrogens with one attached hydrogen (secondary N) is 1. The molecule has 184 valence electrons. The highest BCUT2D eigenvalue weighted by Crippen LogP contribution is 2.18. The van der Waals surface area contributed by atoms with E-state index in [1.165, 1.54) is 0 Å². The van der Waals surface area contributed by atoms with Crippen LogP contribution in [0.4, 0.5) is 0 Å². The lowest BCUT2D eigenvalue weighted by Crippen LogP contribution is -2.53. The minimum atomic E-state index is -0.667. The van der Waals surface area contributed by atoms with Crippen LogP contribution in [0.2, 0.25) is 0 Å². The average Bonchev–Trinajstić information content (AvgIpc) is 2.87. The first-order chi connectivity index (χ1) is 16.9. The van der Waals surface area contributed by atoms with Gasteiger partial charge in [0.15, 0.2) is 6.61 Å². The number of aryl methyl sites for hydroxylation is 2. The third-order valence-corrected chi connectivity index (χ3v) is 6.26. The molecule has 0 spiro atoms. The summed E-state index contributed by atoms with van der Waals surface area (Å²) in [5.41, 5.74) is 4.20. The zero-order valence-corrected chi connectivity index (χ0v) is 21.2. The van der Waals surface area contributed by atoms with Gasteiger partial charge < -0.3 is 15.0 Å². The highest BCUT2D eigenvalue weighted by Gasteiger charge is 2.31. The maximum atomic E-state index is 13.6. The van der Waals surface area contributed by atoms with Gasteiger partial charge in [0.05, 0.1) is 0 Å². The molecule has 2 amide bonds. The summed E-state index contributed by atoms with van der Waals surface area (Å²) >= 11 is 0. The molecule has 0 unspecified atom stereocenters. The fourth-order valence-electron chi connectivity index (χ4n) is 3.83. The zero-order valence-electron chi connectivity index (χ0n) is 21.2. The second-order valence-electron chi connectivity index (χ2n) is 9.07. The minimum absolute atomic E-state index is 0.0139. The summed E-state index contributed by atoms with van der Waals surface area (Å²) in [7, 11) is 0. The Morgan fingerprint density at radius 2 is 1.57 bits per heavy atom. The molecule has 5 nitrogen and oxygen atoms in total. The van der Waals surface area contributed by atoms with Crippen molar-refractivity contribution >= 4 is 11.8 Å². The molecule has 2 atom stereocenters. The van der Waals surface area contributed by atoms with Crippen LogP contribution < -0.4 is 10.1 Å². The molecule has 0 saturated heterocycles. The van der Waals surface area contributed by atoms with Crippen LogP contribution in [-0.4, -0.2) is 35.4 Å². The third kappa shape index (κ3) is 7.71. The molecule has 0 heterocycles. The van der Waals surface area contributed by atoms with Gasteiger partial charge in [-0.15, -0.1) is 0 Å². The molecule has 0 bridgehead atoms. The molecule has 0 aliphatic rings. The molecule has 1 N–H and O–H groups in total. The van der Waals surface area contributed by atoms with E-state index in [2.05, 4.69) is 5.32 Å². The molecule has 0 aromatic heterocycles. The van der Waals surface area contributed by atoms with Gasteiger partial charge in [0.25, 0.3) is 5.91 Å². The predicted octanol–water partition coefficient (Wildman–Crippen LogP) is 5.24. The summed E-state index contributed by atoms with van der Waals surface area (Å²) in [5, 5.41) is 3.09. The lowest BCUT2D eigenvalue weighted by atomic mass is 10.0. The van der Waals surface area contributed by atoms with Crippen LogP contribution in [0.3, 0.4) is 0 Å². The minimum Gasteiger partial charge on any atom is -0.484 e. The van der Waals surface area contributed by atoms with Gasteiger partial charge in [-0.25, -0.2) is 0 Å². The standard InChI is InChI=1S/C30H36N2O3/c1-5-24(4)31-30(34)28(19-25-12-7-6-8-13-25)32(20-26-14-10-9-11-23(26)3)29(33)21-35-27-17-15-22(2)16-18-27/h6-18,24,28H,5,19-21H2,1-4H3,(H,31,34)/t24-,28-/m1/s1. The number of rotatable bonds is 11. The van der Waals surface area contributed by atoms with Gasteiger partial charge in [0.1, 0.15) is 11.8 Å². The van der Waals surface area contributed by atoms with E-state index in [-0.39, 0.29) is 24.5 Å². The smallest absolute Gasteiger partial charge is 0.261 e. The molecule has 3 rings (SSSR count). The Morgan fingerprint density at radius 1 is 0.914 bits per heavy atom. The highest BCUT2D eigenvalue weighted by atomic mass is 16.5. The quantitative estimate of drug-likeness (QED) is 0.415. The first-order valence-electron chi connectivity index (χ1n) is 12.2. The fraction of sp³-hybridized carbons (Fsp3) is 0.333. The first kappa shape index (κ1) is 26.0. The highest BCUT2D eigenvalue weighted by molar-refractivity contribution is 5.88. The number of benzene rings is 3. The van der Waals surface area contributed by atoms with Crippen molar-refractivity contribution in [3.05, 3.63) is 101 Å². The summed E-state index contributed by atoms with van der Waals surface area (Å²) in [6.45, 7) is 8.22. The van der Waals surface area contributed by atoms with Crippen molar-refractivity contribution in [1.82, 2.24) is 10.2 Å². The van der Waals surface area contributed by atoms with E-state index < -0.39 is 6.04 Å². The van der Waals surface area contributed by atoms with Crippen molar-refractivity contribution in [3.63, 3.8) is 0 Å². The summed E-state index contributed by atoms with van der Waals surface area (Å²) in [4.78, 5) is 28.8. The number of amides is 2. The number of carbonyl (C=O) groups is 2. The monoisotopic (exact) mass is 472 g/mol. The summed E-state index contributed by atoms with van der Waals surface area (Å²) in [6, 6.07) is 24.7. The van der Waals surface area contributed by atoms with E-state index in [4.69, 9.17) is 4.74 Å². The van der Waals surface area contributed by atoms with Gasteiger partial charge in [0, 0.05) is 19.0 Å². The average molecular weight is 473 g/mol. The normalized spacial score (nSPS) is 12.5. The van der Waals surface area contributed by atoms with Crippen LogP contribution in [0.15, 0.2) is 78.9 Å². The van der Waals surface area contributed by atoms with E-state index >= 15 is 0 Å². The molecule has 35 heavy (non-hydrogen) atoms. The first-order valence-corrected chi connectivity index (χ1v) is 12.2. The van der Waals surface area contributed by atoms with E-state index in [0.717, 1.165) is 28.7 Å². The van der Waals surface area contributed by atoms with Gasteiger partial charge >= 0.3 is 0 Å². The Morgan fingerprint density at radius 3 is 2.23 bits per heavy atom. The van der Waals surface area contributed by atoms with Gasteiger partial charge in [-0.05, 0) is 56.0 Å². The molecule has 3 aromatic carbocycles. The molecule has 0 radical (unpaired) electrons. The molecular formula is C30H36N2O3. The molecule has 0 aliphatic heterocycles. The second kappa shape index (κ2) is 12.7. The Kier molecular flexibility index (Phi) is 9.47. The van der Waals surface area contributed by atoms with Crippen LogP contribution in [0, 0.1) is 13.8 Å². The number of ether oxygens (including phenoxy) is 1. The molecule has 0 saturated carbocycles. The van der Waals surface area contributed by atoms with Crippen LogP contribution in [0.5, 0.6) is 5.75 Å². The van der Waals surface area contributed by atoms with Gasteiger partial charge in [-0.3, -0.25) is 9.59 Å². The lowest BCUT2D eigenvalue weighted by Gasteiger charge is -2.32. The molecule has 0 fully saturated rings. The molecule has 3 aromatic rings. The predicted molar refractivity (Wildman–Crippen MR) is 140 cm³/mol. The van der Waals surface area contributed by atoms with Crippen molar-refractivity contribution in [2.24, 2.45) is 0 Å². The summed E-state index contributed by atoms with van der Waals surface area (Å²) in [5.74, 6) is 0.248. The lowest BCUT2D eigenvalue weighted by molar-refractivity contribution is -0.143. The van der Waals surface area contributed by atoms with E-state index in [9.17, 15) is 9.59 Å². The number of hydrogen-bond donors (Lipinski definition) is 1. The largest absolute Gasteiger partial charge is 0.484 e. The molecule has 0 aliphatic carbocycles. The SMILES string of the molecule is CC[C@@H](C)NC(=O)[C@@H](Cc1ccccc1)N(Cc1ccccc1C)C(=O)COc1ccc(C)cc1. The summed E-state index contributed by atoms with van der Waals surface area (Å²) in [6.07, 6.45) is 1.23. The van der Waals surface area contributed by atoms with Crippen LogP contribution in [-0.2, 0) is 22.6 Å². The molecular weight excluding hydrogens is 436 g/mol. The second-order valence-corrected chi connectivity index (χ2v) is 9.07. The summed E-state index contributed by atoms with van der Waals surface area (Å²) < 4.78 is 5.83. The number of carbonyl (C=O) groups excluding carboxylic acids is 2. The van der Waals surface area contributed by atoms with Crippen molar-refractivity contribution in [2.45, 2.75) is 59.2 Å². The topological polar surface area (TPSA) is 58.6 Å². The number of nitrogens with zero attached hydrogens (tertiary/aromatic N) is 1. The van der Waals surface area contributed by atoms with Gasteiger partial charge in [0.2, 0.25) is 5.91 Å². The fourth-order valence-corrected chi connectivity index (χ4v) is 3.83. The van der Waals surface area contributed by atoms with E-state index in [1.54, 1.807) is 4.90 Å². The Labute approximate surface area is 209 Å². The van der Waals surface area contributed by atoms with Crippen molar-refractivity contribution < 1.29 is 14.3 Å². The maximum Gasteiger partial charge on any atom is 0.261 e. The van der Waals surface area contributed by atoms with Crippen molar-refractivity contribution in [3.8, 4) is 5.75 Å². The van der Waals surface area contributed by atoms with Crippen LogP contribution in [0.25, 0.3) is 0 Å². The maximum absolute atomic E-state index is 13.6. The Balaban J connectivity index is 1.91. The van der Waals surface area contributed by atoms with Crippen LogP contribution >= 0.6 is 0 Å². The van der Waals surface area contributed by atoms with Crippen LogP contribution in [0.1, 0.15) is 42.5 Å². The van der Waals surface area contributed by atoms with E-state index in [1.807, 2.05) is 107 Å². The number of hydrogen-bond acceptors (Lipinski definition) is 3.